The molecule has 0 atom stereocenters. The van der Waals surface area contributed by atoms with Crippen molar-refractivity contribution in [2.75, 3.05) is 12.4 Å². The molecule has 100 valence electrons. The van der Waals surface area contributed by atoms with Gasteiger partial charge >= 0.3 is 0 Å². The molecule has 0 fully saturated rings. The van der Waals surface area contributed by atoms with E-state index in [4.69, 9.17) is 4.74 Å². The first kappa shape index (κ1) is 14.3. The molecule has 2 aromatic carbocycles. The van der Waals surface area contributed by atoms with Crippen molar-refractivity contribution in [3.63, 3.8) is 0 Å². The highest BCUT2D eigenvalue weighted by Crippen LogP contribution is 2.18. The molecule has 2 rings (SSSR count). The van der Waals surface area contributed by atoms with Gasteiger partial charge in [0.05, 0.1) is 6.61 Å². The summed E-state index contributed by atoms with van der Waals surface area (Å²) in [4.78, 5) is 0. The third kappa shape index (κ3) is 4.21. The third-order valence-electron chi connectivity index (χ3n) is 3.01. The zero-order valence-corrected chi connectivity index (χ0v) is 13.4. The molecule has 0 radical (unpaired) electrons. The predicted octanol–water partition coefficient (Wildman–Crippen LogP) is 4.36. The van der Waals surface area contributed by atoms with Crippen LogP contribution < -0.4 is 5.32 Å². The van der Waals surface area contributed by atoms with Gasteiger partial charge in [0.15, 0.2) is 0 Å². The predicted molar refractivity (Wildman–Crippen MR) is 88.4 cm³/mol. The molecule has 3 heteroatoms. The van der Waals surface area contributed by atoms with Crippen LogP contribution in [0.25, 0.3) is 0 Å². The summed E-state index contributed by atoms with van der Waals surface area (Å²) >= 11 is 2.33. The van der Waals surface area contributed by atoms with E-state index in [2.05, 4.69) is 77.3 Å². The van der Waals surface area contributed by atoms with Gasteiger partial charge in [-0.2, -0.15) is 0 Å². The number of rotatable bonds is 5. The first-order valence-electron chi connectivity index (χ1n) is 6.26. The maximum atomic E-state index is 5.11. The summed E-state index contributed by atoms with van der Waals surface area (Å²) < 4.78 is 6.38. The standard InChI is InChI=1S/C16H18INO/c1-12-9-15(17)7-8-16(12)18-10-13-3-5-14(6-4-13)11-19-2/h3-9,18H,10-11H2,1-2H3. The molecule has 0 aliphatic heterocycles. The Kier molecular flexibility index (Phi) is 5.22. The highest BCUT2D eigenvalue weighted by Gasteiger charge is 1.99. The molecule has 1 N–H and O–H groups in total. The minimum absolute atomic E-state index is 0.671. The number of hydrogen-bond donors (Lipinski definition) is 1. The van der Waals surface area contributed by atoms with E-state index in [-0.39, 0.29) is 0 Å². The van der Waals surface area contributed by atoms with Crippen molar-refractivity contribution in [2.45, 2.75) is 20.1 Å². The summed E-state index contributed by atoms with van der Waals surface area (Å²) in [6.07, 6.45) is 0. The number of methoxy groups -OCH3 is 1. The summed E-state index contributed by atoms with van der Waals surface area (Å²) in [5, 5.41) is 3.47. The van der Waals surface area contributed by atoms with Crippen LogP contribution >= 0.6 is 22.6 Å². The molecule has 0 aliphatic carbocycles. The Balaban J connectivity index is 1.98. The quantitative estimate of drug-likeness (QED) is 0.793. The molecule has 2 aromatic rings. The Morgan fingerprint density at radius 1 is 1.05 bits per heavy atom. The van der Waals surface area contributed by atoms with E-state index in [0.717, 1.165) is 6.54 Å². The first-order valence-corrected chi connectivity index (χ1v) is 7.33. The van der Waals surface area contributed by atoms with Gasteiger partial charge in [0.2, 0.25) is 0 Å². The van der Waals surface area contributed by atoms with Crippen molar-refractivity contribution < 1.29 is 4.74 Å². The van der Waals surface area contributed by atoms with Gasteiger partial charge in [0.1, 0.15) is 0 Å². The molecule has 0 saturated heterocycles. The summed E-state index contributed by atoms with van der Waals surface area (Å²) in [6, 6.07) is 15.0. The highest BCUT2D eigenvalue weighted by molar-refractivity contribution is 14.1. The number of halogens is 1. The fourth-order valence-corrected chi connectivity index (χ4v) is 2.59. The zero-order valence-electron chi connectivity index (χ0n) is 11.2. The van der Waals surface area contributed by atoms with Crippen LogP contribution in [0, 0.1) is 10.5 Å². The van der Waals surface area contributed by atoms with E-state index in [0.29, 0.717) is 6.61 Å². The van der Waals surface area contributed by atoms with Crippen LogP contribution in [-0.2, 0) is 17.9 Å². The van der Waals surface area contributed by atoms with Gasteiger partial charge in [-0.15, -0.1) is 0 Å². The van der Waals surface area contributed by atoms with Crippen LogP contribution in [0.5, 0.6) is 0 Å². The maximum absolute atomic E-state index is 5.11. The molecule has 0 bridgehead atoms. The third-order valence-corrected chi connectivity index (χ3v) is 3.68. The monoisotopic (exact) mass is 367 g/mol. The van der Waals surface area contributed by atoms with Crippen molar-refractivity contribution >= 4 is 28.3 Å². The molecule has 0 aromatic heterocycles. The zero-order chi connectivity index (χ0) is 13.7. The van der Waals surface area contributed by atoms with Gasteiger partial charge in [0.25, 0.3) is 0 Å². The fraction of sp³-hybridized carbons (Fsp3) is 0.250. The number of anilines is 1. The summed E-state index contributed by atoms with van der Waals surface area (Å²) in [5.41, 5.74) is 4.96. The molecule has 0 unspecified atom stereocenters. The second-order valence-electron chi connectivity index (χ2n) is 4.56. The van der Waals surface area contributed by atoms with Crippen LogP contribution in [0.4, 0.5) is 5.69 Å². The smallest absolute Gasteiger partial charge is 0.0713 e. The summed E-state index contributed by atoms with van der Waals surface area (Å²) in [5.74, 6) is 0. The van der Waals surface area contributed by atoms with E-state index in [1.807, 2.05) is 0 Å². The van der Waals surface area contributed by atoms with Gasteiger partial charge in [-0.05, 0) is 64.4 Å². The lowest BCUT2D eigenvalue weighted by atomic mass is 10.1. The molecule has 2 nitrogen and oxygen atoms in total. The Morgan fingerprint density at radius 3 is 2.37 bits per heavy atom. The van der Waals surface area contributed by atoms with E-state index in [9.17, 15) is 0 Å². The largest absolute Gasteiger partial charge is 0.381 e. The number of benzene rings is 2. The van der Waals surface area contributed by atoms with Crippen LogP contribution in [0.2, 0.25) is 0 Å². The minimum Gasteiger partial charge on any atom is -0.381 e. The molecule has 0 spiro atoms. The van der Waals surface area contributed by atoms with Gasteiger partial charge in [0, 0.05) is 22.9 Å². The Hall–Kier alpha value is -1.07. The van der Waals surface area contributed by atoms with E-state index < -0.39 is 0 Å². The number of hydrogen-bond acceptors (Lipinski definition) is 2. The van der Waals surface area contributed by atoms with Crippen molar-refractivity contribution in [3.8, 4) is 0 Å². The molecule has 19 heavy (non-hydrogen) atoms. The van der Waals surface area contributed by atoms with Gasteiger partial charge in [-0.25, -0.2) is 0 Å². The number of nitrogens with one attached hydrogen (secondary N) is 1. The Bertz CT molecular complexity index is 537. The lowest BCUT2D eigenvalue weighted by Crippen LogP contribution is -2.01. The van der Waals surface area contributed by atoms with Crippen LogP contribution in [0.3, 0.4) is 0 Å². The van der Waals surface area contributed by atoms with Gasteiger partial charge in [-0.3, -0.25) is 0 Å². The molecular formula is C16H18INO. The van der Waals surface area contributed by atoms with Crippen LogP contribution in [0.15, 0.2) is 42.5 Å². The normalized spacial score (nSPS) is 10.5. The summed E-state index contributed by atoms with van der Waals surface area (Å²) in [7, 11) is 1.72. The maximum Gasteiger partial charge on any atom is 0.0713 e. The molecule has 0 aliphatic rings. The average molecular weight is 367 g/mol. The highest BCUT2D eigenvalue weighted by atomic mass is 127. The second kappa shape index (κ2) is 6.91. The van der Waals surface area contributed by atoms with Crippen molar-refractivity contribution in [1.82, 2.24) is 0 Å². The molecule has 0 heterocycles. The Morgan fingerprint density at radius 2 is 1.74 bits per heavy atom. The van der Waals surface area contributed by atoms with Crippen molar-refractivity contribution in [1.29, 1.82) is 0 Å². The van der Waals surface area contributed by atoms with Crippen LogP contribution in [-0.4, -0.2) is 7.11 Å². The second-order valence-corrected chi connectivity index (χ2v) is 5.81. The minimum atomic E-state index is 0.671. The van der Waals surface area contributed by atoms with E-state index >= 15 is 0 Å². The topological polar surface area (TPSA) is 21.3 Å². The lowest BCUT2D eigenvalue weighted by molar-refractivity contribution is 0.185. The fourth-order valence-electron chi connectivity index (χ4n) is 1.94. The Labute approximate surface area is 128 Å². The number of aryl methyl sites for hydroxylation is 1. The SMILES string of the molecule is COCc1ccc(CNc2ccc(I)cc2C)cc1. The summed E-state index contributed by atoms with van der Waals surface area (Å²) in [6.45, 7) is 3.64. The van der Waals surface area contributed by atoms with Gasteiger partial charge in [-0.1, -0.05) is 24.3 Å². The molecule has 0 saturated carbocycles. The molecule has 0 amide bonds. The first-order chi connectivity index (χ1) is 9.19. The lowest BCUT2D eigenvalue weighted by Gasteiger charge is -2.10. The van der Waals surface area contributed by atoms with Crippen molar-refractivity contribution in [2.24, 2.45) is 0 Å². The molecular weight excluding hydrogens is 349 g/mol. The van der Waals surface area contributed by atoms with E-state index in [1.54, 1.807) is 7.11 Å². The van der Waals surface area contributed by atoms with Crippen LogP contribution in [0.1, 0.15) is 16.7 Å². The average Bonchev–Trinajstić information content (AvgIpc) is 2.40. The van der Waals surface area contributed by atoms with E-state index in [1.165, 1.54) is 25.9 Å². The van der Waals surface area contributed by atoms with Gasteiger partial charge < -0.3 is 10.1 Å². The van der Waals surface area contributed by atoms with Crippen molar-refractivity contribution in [3.05, 3.63) is 62.7 Å². The number of ether oxygens (including phenoxy) is 1.